The summed E-state index contributed by atoms with van der Waals surface area (Å²) in [5, 5.41) is 7.55. The topological polar surface area (TPSA) is 71.3 Å². The summed E-state index contributed by atoms with van der Waals surface area (Å²) in [4.78, 5) is 20.0. The summed E-state index contributed by atoms with van der Waals surface area (Å²) in [6.45, 7) is 4.28. The first-order chi connectivity index (χ1) is 13.2. The number of piperidine rings is 1. The van der Waals surface area contributed by atoms with Gasteiger partial charge in [0.2, 0.25) is 5.89 Å². The molecule has 0 spiro atoms. The number of urea groups is 1. The number of carbonyl (C=O) groups excluding carboxylic acids is 1. The van der Waals surface area contributed by atoms with Gasteiger partial charge < -0.3 is 14.7 Å². The Kier molecular flexibility index (Phi) is 5.66. The van der Waals surface area contributed by atoms with Gasteiger partial charge in [0, 0.05) is 42.1 Å². The molecule has 4 rings (SSSR count). The van der Waals surface area contributed by atoms with E-state index in [-0.39, 0.29) is 6.03 Å². The number of nitrogens with one attached hydrogen (secondary N) is 1. The number of amides is 2. The molecule has 0 radical (unpaired) electrons. The van der Waals surface area contributed by atoms with Crippen LogP contribution in [0.25, 0.3) is 0 Å². The lowest BCUT2D eigenvalue weighted by Crippen LogP contribution is -2.45. The lowest BCUT2D eigenvalue weighted by Gasteiger charge is -2.31. The van der Waals surface area contributed by atoms with Gasteiger partial charge in [-0.1, -0.05) is 22.9 Å². The summed E-state index contributed by atoms with van der Waals surface area (Å²) in [5.41, 5.74) is 1.29. The smallest absolute Gasteiger partial charge is 0.317 e. The second-order valence-electron chi connectivity index (χ2n) is 7.43. The van der Waals surface area contributed by atoms with E-state index in [9.17, 15) is 4.79 Å². The lowest BCUT2D eigenvalue weighted by atomic mass is 10.1. The fraction of sp³-hybridized carbons (Fsp3) is 0.550. The van der Waals surface area contributed by atoms with Crippen molar-refractivity contribution >= 4 is 17.8 Å². The Morgan fingerprint density at radius 1 is 1.30 bits per heavy atom. The number of benzene rings is 1. The second-order valence-corrected chi connectivity index (χ2v) is 8.80. The van der Waals surface area contributed by atoms with Gasteiger partial charge in [0.05, 0.1) is 0 Å². The van der Waals surface area contributed by atoms with Crippen molar-refractivity contribution in [1.29, 1.82) is 0 Å². The van der Waals surface area contributed by atoms with Crippen molar-refractivity contribution in [3.8, 4) is 0 Å². The molecule has 1 aliphatic heterocycles. The van der Waals surface area contributed by atoms with Crippen molar-refractivity contribution in [3.05, 3.63) is 41.5 Å². The van der Waals surface area contributed by atoms with Crippen LogP contribution in [0, 0.1) is 6.92 Å². The highest BCUT2D eigenvalue weighted by Crippen LogP contribution is 2.38. The molecule has 2 fully saturated rings. The van der Waals surface area contributed by atoms with Crippen LogP contribution in [-0.4, -0.2) is 46.0 Å². The Labute approximate surface area is 164 Å². The highest BCUT2D eigenvalue weighted by atomic mass is 32.2. The first kappa shape index (κ1) is 18.3. The molecule has 1 aliphatic carbocycles. The molecule has 0 bridgehead atoms. The number of aromatic nitrogens is 2. The standard InChI is InChI=1S/C20H26N4O2S/c1-14-3-2-4-17(13-14)27-16-8-11-24(12-9-16)20(25)21-10-7-18-22-19(26-23-18)15-5-6-15/h2-4,13,15-16H,5-12H2,1H3,(H,21,25). The van der Waals surface area contributed by atoms with Crippen LogP contribution in [0.5, 0.6) is 0 Å². The van der Waals surface area contributed by atoms with E-state index in [4.69, 9.17) is 4.52 Å². The van der Waals surface area contributed by atoms with Gasteiger partial charge in [-0.3, -0.25) is 0 Å². The number of aryl methyl sites for hydroxylation is 1. The molecule has 2 aliphatic rings. The molecule has 144 valence electrons. The highest BCUT2D eigenvalue weighted by Gasteiger charge is 2.29. The molecule has 1 saturated carbocycles. The molecule has 1 N–H and O–H groups in total. The van der Waals surface area contributed by atoms with Crippen molar-refractivity contribution in [1.82, 2.24) is 20.4 Å². The summed E-state index contributed by atoms with van der Waals surface area (Å²) in [6.07, 6.45) is 4.97. The van der Waals surface area contributed by atoms with Gasteiger partial charge in [-0.2, -0.15) is 4.98 Å². The molecule has 1 aromatic heterocycles. The van der Waals surface area contributed by atoms with Gasteiger partial charge >= 0.3 is 6.03 Å². The van der Waals surface area contributed by atoms with Crippen molar-refractivity contribution in [2.24, 2.45) is 0 Å². The van der Waals surface area contributed by atoms with Crippen molar-refractivity contribution in [2.75, 3.05) is 19.6 Å². The van der Waals surface area contributed by atoms with E-state index in [0.717, 1.165) is 44.7 Å². The van der Waals surface area contributed by atoms with Crippen LogP contribution in [0.4, 0.5) is 4.79 Å². The number of likely N-dealkylation sites (tertiary alicyclic amines) is 1. The maximum Gasteiger partial charge on any atom is 0.317 e. The Bertz CT molecular complexity index is 782. The third-order valence-electron chi connectivity index (χ3n) is 5.06. The van der Waals surface area contributed by atoms with Crippen molar-refractivity contribution < 1.29 is 9.32 Å². The van der Waals surface area contributed by atoms with Gasteiger partial charge in [-0.25, -0.2) is 4.79 Å². The molecule has 0 unspecified atom stereocenters. The Hall–Kier alpha value is -2.02. The summed E-state index contributed by atoms with van der Waals surface area (Å²) in [6, 6.07) is 8.65. The van der Waals surface area contributed by atoms with Crippen LogP contribution in [0.1, 0.15) is 48.9 Å². The third kappa shape index (κ3) is 5.03. The normalized spacial score (nSPS) is 17.9. The molecule has 6 nitrogen and oxygen atoms in total. The van der Waals surface area contributed by atoms with Gasteiger partial charge in [-0.05, 0) is 44.7 Å². The molecule has 7 heteroatoms. The fourth-order valence-electron chi connectivity index (χ4n) is 3.32. The monoisotopic (exact) mass is 386 g/mol. The number of hydrogen-bond acceptors (Lipinski definition) is 5. The summed E-state index contributed by atoms with van der Waals surface area (Å²) in [7, 11) is 0. The van der Waals surface area contributed by atoms with Crippen LogP contribution in [0.3, 0.4) is 0 Å². The highest BCUT2D eigenvalue weighted by molar-refractivity contribution is 8.00. The Balaban J connectivity index is 1.17. The minimum absolute atomic E-state index is 0.0138. The van der Waals surface area contributed by atoms with E-state index in [1.807, 2.05) is 16.7 Å². The number of rotatable bonds is 6. The molecule has 2 amide bonds. The first-order valence-corrected chi connectivity index (χ1v) is 10.6. The van der Waals surface area contributed by atoms with Crippen LogP contribution >= 0.6 is 11.8 Å². The number of hydrogen-bond donors (Lipinski definition) is 1. The zero-order valence-electron chi connectivity index (χ0n) is 15.7. The van der Waals surface area contributed by atoms with Crippen molar-refractivity contribution in [3.63, 3.8) is 0 Å². The molecule has 2 aromatic rings. The van der Waals surface area contributed by atoms with Gasteiger partial charge in [-0.15, -0.1) is 11.8 Å². The predicted octanol–water partition coefficient (Wildman–Crippen LogP) is 3.76. The lowest BCUT2D eigenvalue weighted by molar-refractivity contribution is 0.188. The largest absolute Gasteiger partial charge is 0.339 e. The molecule has 0 atom stereocenters. The van der Waals surface area contributed by atoms with Crippen LogP contribution < -0.4 is 5.32 Å². The van der Waals surface area contributed by atoms with Crippen LogP contribution in [-0.2, 0) is 6.42 Å². The zero-order valence-corrected chi connectivity index (χ0v) is 16.5. The van der Waals surface area contributed by atoms with Gasteiger partial charge in [0.1, 0.15) is 0 Å². The molecular weight excluding hydrogens is 360 g/mol. The van der Waals surface area contributed by atoms with E-state index in [1.165, 1.54) is 10.5 Å². The van der Waals surface area contributed by atoms with E-state index >= 15 is 0 Å². The molecule has 2 heterocycles. The predicted molar refractivity (Wildman–Crippen MR) is 105 cm³/mol. The molecular formula is C20H26N4O2S. The van der Waals surface area contributed by atoms with Crippen LogP contribution in [0.15, 0.2) is 33.7 Å². The molecule has 27 heavy (non-hydrogen) atoms. The van der Waals surface area contributed by atoms with E-state index in [0.29, 0.717) is 30.0 Å². The average Bonchev–Trinajstić information content (AvgIpc) is 3.41. The maximum absolute atomic E-state index is 12.4. The zero-order chi connectivity index (χ0) is 18.6. The SMILES string of the molecule is Cc1cccc(SC2CCN(C(=O)NCCc3noc(C4CC4)n3)CC2)c1. The first-order valence-electron chi connectivity index (χ1n) is 9.76. The number of thioether (sulfide) groups is 1. The quantitative estimate of drug-likeness (QED) is 0.818. The van der Waals surface area contributed by atoms with E-state index in [2.05, 4.69) is 46.6 Å². The number of carbonyl (C=O) groups is 1. The maximum atomic E-state index is 12.4. The summed E-state index contributed by atoms with van der Waals surface area (Å²) >= 11 is 1.93. The van der Waals surface area contributed by atoms with E-state index < -0.39 is 0 Å². The molecule has 1 aromatic carbocycles. The van der Waals surface area contributed by atoms with Crippen molar-refractivity contribution in [2.45, 2.75) is 55.1 Å². The van der Waals surface area contributed by atoms with Crippen LogP contribution in [0.2, 0.25) is 0 Å². The van der Waals surface area contributed by atoms with Gasteiger partial charge in [0.25, 0.3) is 0 Å². The molecule has 1 saturated heterocycles. The minimum Gasteiger partial charge on any atom is -0.339 e. The fourth-order valence-corrected chi connectivity index (χ4v) is 4.56. The average molecular weight is 387 g/mol. The minimum atomic E-state index is 0.0138. The van der Waals surface area contributed by atoms with E-state index in [1.54, 1.807) is 0 Å². The Morgan fingerprint density at radius 3 is 2.85 bits per heavy atom. The summed E-state index contributed by atoms with van der Waals surface area (Å²) < 4.78 is 5.24. The Morgan fingerprint density at radius 2 is 2.11 bits per heavy atom. The number of nitrogens with zero attached hydrogens (tertiary/aromatic N) is 3. The second kappa shape index (κ2) is 8.33. The summed E-state index contributed by atoms with van der Waals surface area (Å²) in [5.74, 6) is 1.91. The third-order valence-corrected chi connectivity index (χ3v) is 6.39. The van der Waals surface area contributed by atoms with Gasteiger partial charge in [0.15, 0.2) is 5.82 Å².